The summed E-state index contributed by atoms with van der Waals surface area (Å²) in [5.74, 6) is -0.508. The highest BCUT2D eigenvalue weighted by Gasteiger charge is 2.32. The fraction of sp³-hybridized carbons (Fsp3) is 0.500. The quantitative estimate of drug-likeness (QED) is 0.668. The molecule has 0 aromatic heterocycles. The van der Waals surface area contributed by atoms with E-state index in [-0.39, 0.29) is 24.3 Å². The number of carbonyl (C=O) groups is 3. The van der Waals surface area contributed by atoms with Crippen LogP contribution in [0.1, 0.15) is 50.8 Å². The molecule has 0 aliphatic carbocycles. The van der Waals surface area contributed by atoms with Gasteiger partial charge in [0.25, 0.3) is 5.91 Å². The SMILES string of the molecule is CCCc1ccc([C@@H](NC(=O)C[C@H]2NC(=O)NC2=O)C(C)C)cc1. The number of carbonyl (C=O) groups excluding carboxylic acids is 3. The zero-order chi connectivity index (χ0) is 17.7. The van der Waals surface area contributed by atoms with Crippen LogP contribution in [0.3, 0.4) is 0 Å². The summed E-state index contributed by atoms with van der Waals surface area (Å²) in [7, 11) is 0. The molecule has 1 aliphatic rings. The average molecular weight is 331 g/mol. The van der Waals surface area contributed by atoms with Gasteiger partial charge in [-0.05, 0) is 23.5 Å². The number of hydrogen-bond donors (Lipinski definition) is 3. The molecule has 1 saturated heterocycles. The average Bonchev–Trinajstić information content (AvgIpc) is 2.83. The van der Waals surface area contributed by atoms with Crippen LogP contribution in [0, 0.1) is 5.92 Å². The first-order valence-electron chi connectivity index (χ1n) is 8.40. The largest absolute Gasteiger partial charge is 0.349 e. The topological polar surface area (TPSA) is 87.3 Å². The lowest BCUT2D eigenvalue weighted by Crippen LogP contribution is -2.38. The zero-order valence-corrected chi connectivity index (χ0v) is 14.4. The fourth-order valence-corrected chi connectivity index (χ4v) is 2.84. The van der Waals surface area contributed by atoms with Crippen molar-refractivity contribution in [3.63, 3.8) is 0 Å². The maximum atomic E-state index is 12.3. The highest BCUT2D eigenvalue weighted by molar-refractivity contribution is 6.05. The zero-order valence-electron chi connectivity index (χ0n) is 14.4. The number of aryl methyl sites for hydroxylation is 1. The molecule has 2 atom stereocenters. The van der Waals surface area contributed by atoms with Gasteiger partial charge in [0.1, 0.15) is 6.04 Å². The Morgan fingerprint density at radius 2 is 1.88 bits per heavy atom. The molecule has 0 unspecified atom stereocenters. The Morgan fingerprint density at radius 3 is 2.38 bits per heavy atom. The Balaban J connectivity index is 2.01. The summed E-state index contributed by atoms with van der Waals surface area (Å²) < 4.78 is 0. The molecule has 24 heavy (non-hydrogen) atoms. The summed E-state index contributed by atoms with van der Waals surface area (Å²) in [5.41, 5.74) is 2.32. The normalized spacial score (nSPS) is 18.2. The number of rotatable bonds is 7. The highest BCUT2D eigenvalue weighted by atomic mass is 16.2. The van der Waals surface area contributed by atoms with Crippen molar-refractivity contribution >= 4 is 17.8 Å². The van der Waals surface area contributed by atoms with Crippen LogP contribution >= 0.6 is 0 Å². The fourth-order valence-electron chi connectivity index (χ4n) is 2.84. The Kier molecular flexibility index (Phi) is 5.95. The first kappa shape index (κ1) is 18.0. The van der Waals surface area contributed by atoms with E-state index in [1.54, 1.807) is 0 Å². The summed E-state index contributed by atoms with van der Waals surface area (Å²) >= 11 is 0. The highest BCUT2D eigenvalue weighted by Crippen LogP contribution is 2.22. The summed E-state index contributed by atoms with van der Waals surface area (Å²) in [6.45, 7) is 6.22. The molecule has 1 aromatic rings. The lowest BCUT2D eigenvalue weighted by Gasteiger charge is -2.23. The van der Waals surface area contributed by atoms with Gasteiger partial charge in [0.05, 0.1) is 12.5 Å². The molecular formula is C18H25N3O3. The molecule has 1 heterocycles. The van der Waals surface area contributed by atoms with Crippen LogP contribution in [0.15, 0.2) is 24.3 Å². The molecule has 3 N–H and O–H groups in total. The molecule has 1 aromatic carbocycles. The standard InChI is InChI=1S/C18H25N3O3/c1-4-5-12-6-8-13(9-7-12)16(11(2)3)20-15(22)10-14-17(23)21-18(24)19-14/h6-9,11,14,16H,4-5,10H2,1-3H3,(H,20,22)(H2,19,21,23,24)/t14-,16+/m1/s1. The predicted molar refractivity (Wildman–Crippen MR) is 91.2 cm³/mol. The van der Waals surface area contributed by atoms with Crippen LogP contribution in [0.25, 0.3) is 0 Å². The van der Waals surface area contributed by atoms with Gasteiger partial charge in [-0.15, -0.1) is 0 Å². The number of nitrogens with one attached hydrogen (secondary N) is 3. The van der Waals surface area contributed by atoms with E-state index in [4.69, 9.17) is 0 Å². The van der Waals surface area contributed by atoms with Crippen LogP contribution in [-0.2, 0) is 16.0 Å². The van der Waals surface area contributed by atoms with Gasteiger partial charge < -0.3 is 10.6 Å². The van der Waals surface area contributed by atoms with Gasteiger partial charge in [0.15, 0.2) is 0 Å². The number of urea groups is 1. The van der Waals surface area contributed by atoms with Crippen LogP contribution in [0.2, 0.25) is 0 Å². The minimum Gasteiger partial charge on any atom is -0.349 e. The van der Waals surface area contributed by atoms with Crippen LogP contribution < -0.4 is 16.0 Å². The monoisotopic (exact) mass is 331 g/mol. The first-order valence-corrected chi connectivity index (χ1v) is 8.40. The van der Waals surface area contributed by atoms with Crippen molar-refractivity contribution in [2.24, 2.45) is 5.92 Å². The molecule has 1 aliphatic heterocycles. The summed E-state index contributed by atoms with van der Waals surface area (Å²) in [5, 5.41) is 7.54. The van der Waals surface area contributed by atoms with Crippen LogP contribution in [-0.4, -0.2) is 23.9 Å². The van der Waals surface area contributed by atoms with E-state index in [1.165, 1.54) is 5.56 Å². The first-order chi connectivity index (χ1) is 11.4. The van der Waals surface area contributed by atoms with E-state index in [0.717, 1.165) is 18.4 Å². The molecule has 6 heteroatoms. The number of benzene rings is 1. The summed E-state index contributed by atoms with van der Waals surface area (Å²) in [4.78, 5) is 34.9. The maximum Gasteiger partial charge on any atom is 0.322 e. The Bertz CT molecular complexity index is 610. The van der Waals surface area contributed by atoms with Crippen molar-refractivity contribution in [2.45, 2.75) is 52.1 Å². The second-order valence-corrected chi connectivity index (χ2v) is 6.50. The maximum absolute atomic E-state index is 12.3. The van der Waals surface area contributed by atoms with Gasteiger partial charge >= 0.3 is 6.03 Å². The lowest BCUT2D eigenvalue weighted by atomic mass is 9.94. The van der Waals surface area contributed by atoms with Gasteiger partial charge in [0, 0.05) is 0 Å². The second kappa shape index (κ2) is 7.95. The second-order valence-electron chi connectivity index (χ2n) is 6.50. The Morgan fingerprint density at radius 1 is 1.21 bits per heavy atom. The molecule has 130 valence electrons. The van der Waals surface area contributed by atoms with Gasteiger partial charge in [-0.2, -0.15) is 0 Å². The van der Waals surface area contributed by atoms with E-state index >= 15 is 0 Å². The Hall–Kier alpha value is -2.37. The van der Waals surface area contributed by atoms with E-state index in [9.17, 15) is 14.4 Å². The van der Waals surface area contributed by atoms with Crippen LogP contribution in [0.5, 0.6) is 0 Å². The molecule has 0 saturated carbocycles. The van der Waals surface area contributed by atoms with E-state index < -0.39 is 18.0 Å². The number of imide groups is 1. The molecule has 6 nitrogen and oxygen atoms in total. The van der Waals surface area contributed by atoms with Crippen molar-refractivity contribution < 1.29 is 14.4 Å². The van der Waals surface area contributed by atoms with Gasteiger partial charge in [-0.25, -0.2) is 4.79 Å². The molecule has 2 rings (SSSR count). The van der Waals surface area contributed by atoms with Crippen LogP contribution in [0.4, 0.5) is 4.79 Å². The van der Waals surface area contributed by atoms with E-state index in [2.05, 4.69) is 35.0 Å². The van der Waals surface area contributed by atoms with Gasteiger partial charge in [-0.1, -0.05) is 51.5 Å². The minimum atomic E-state index is -0.794. The summed E-state index contributed by atoms with van der Waals surface area (Å²) in [6.07, 6.45) is 2.07. The number of amides is 4. The Labute approximate surface area is 142 Å². The minimum absolute atomic E-state index is 0.0608. The van der Waals surface area contributed by atoms with E-state index in [0.29, 0.717) is 0 Å². The van der Waals surface area contributed by atoms with E-state index in [1.807, 2.05) is 26.0 Å². The summed E-state index contributed by atoms with van der Waals surface area (Å²) in [6, 6.07) is 6.78. The van der Waals surface area contributed by atoms with Crippen molar-refractivity contribution in [2.75, 3.05) is 0 Å². The third-order valence-electron chi connectivity index (χ3n) is 4.11. The predicted octanol–water partition coefficient (Wildman–Crippen LogP) is 2.05. The van der Waals surface area contributed by atoms with Gasteiger partial charge in [0.2, 0.25) is 5.91 Å². The molecule has 1 fully saturated rings. The molecule has 4 amide bonds. The molecule has 0 spiro atoms. The molecule has 0 bridgehead atoms. The van der Waals surface area contributed by atoms with Crippen molar-refractivity contribution in [1.29, 1.82) is 0 Å². The smallest absolute Gasteiger partial charge is 0.322 e. The number of hydrogen-bond acceptors (Lipinski definition) is 3. The molecule has 0 radical (unpaired) electrons. The van der Waals surface area contributed by atoms with Crippen molar-refractivity contribution in [3.05, 3.63) is 35.4 Å². The molecular weight excluding hydrogens is 306 g/mol. The van der Waals surface area contributed by atoms with Gasteiger partial charge in [-0.3, -0.25) is 14.9 Å². The lowest BCUT2D eigenvalue weighted by molar-refractivity contribution is -0.127. The van der Waals surface area contributed by atoms with Crippen molar-refractivity contribution in [1.82, 2.24) is 16.0 Å². The third-order valence-corrected chi connectivity index (χ3v) is 4.11. The third kappa shape index (κ3) is 4.57. The van der Waals surface area contributed by atoms with Crippen molar-refractivity contribution in [3.8, 4) is 0 Å².